The number of aryl methyl sites for hydroxylation is 1. The minimum absolute atomic E-state index is 0.126. The van der Waals surface area contributed by atoms with Gasteiger partial charge in [0.25, 0.3) is 0 Å². The van der Waals surface area contributed by atoms with Crippen molar-refractivity contribution in [2.45, 2.75) is 52.7 Å². The van der Waals surface area contributed by atoms with Gasteiger partial charge < -0.3 is 10.6 Å². The molecule has 0 bridgehead atoms. The predicted molar refractivity (Wildman–Crippen MR) is 85.7 cm³/mol. The Bertz CT molecular complexity index is 642. The summed E-state index contributed by atoms with van der Waals surface area (Å²) in [5, 5.41) is 12.7. The van der Waals surface area contributed by atoms with Crippen molar-refractivity contribution >= 4 is 17.4 Å². The lowest BCUT2D eigenvalue weighted by molar-refractivity contribution is 0.236. The van der Waals surface area contributed by atoms with Crippen LogP contribution in [0.5, 0.6) is 0 Å². The Morgan fingerprint density at radius 1 is 1.45 bits per heavy atom. The lowest BCUT2D eigenvalue weighted by Gasteiger charge is -2.21. The van der Waals surface area contributed by atoms with E-state index in [-0.39, 0.29) is 17.6 Å². The van der Waals surface area contributed by atoms with Gasteiger partial charge in [-0.2, -0.15) is 5.10 Å². The van der Waals surface area contributed by atoms with E-state index in [4.69, 9.17) is 0 Å². The van der Waals surface area contributed by atoms with Crippen molar-refractivity contribution in [3.63, 3.8) is 0 Å². The van der Waals surface area contributed by atoms with Crippen LogP contribution in [0.4, 0.5) is 4.79 Å². The number of hydrogen-bond acceptors (Lipinski definition) is 5. The SMILES string of the molecule is Cc1csc(C(C)NC(=O)NCc2ncnn2C(C)(C)C)n1. The molecule has 2 aromatic rings. The maximum atomic E-state index is 12.0. The summed E-state index contributed by atoms with van der Waals surface area (Å²) in [7, 11) is 0. The second-order valence-corrected chi connectivity index (χ2v) is 7.02. The second kappa shape index (κ2) is 6.43. The summed E-state index contributed by atoms with van der Waals surface area (Å²) in [5.41, 5.74) is 0.794. The van der Waals surface area contributed by atoms with E-state index < -0.39 is 0 Å². The Morgan fingerprint density at radius 3 is 2.77 bits per heavy atom. The fraction of sp³-hybridized carbons (Fsp3) is 0.571. The van der Waals surface area contributed by atoms with Gasteiger partial charge in [0.15, 0.2) is 0 Å². The van der Waals surface area contributed by atoms with Gasteiger partial charge in [-0.15, -0.1) is 11.3 Å². The Morgan fingerprint density at radius 2 is 2.18 bits per heavy atom. The maximum Gasteiger partial charge on any atom is 0.315 e. The van der Waals surface area contributed by atoms with Gasteiger partial charge in [0.2, 0.25) is 0 Å². The van der Waals surface area contributed by atoms with E-state index in [2.05, 4.69) is 25.7 Å². The van der Waals surface area contributed by atoms with E-state index in [1.165, 1.54) is 6.33 Å². The number of aromatic nitrogens is 4. The molecule has 0 spiro atoms. The van der Waals surface area contributed by atoms with Gasteiger partial charge in [0.1, 0.15) is 17.2 Å². The minimum Gasteiger partial charge on any atom is -0.331 e. The molecule has 8 heteroatoms. The average molecular weight is 322 g/mol. The topological polar surface area (TPSA) is 84.7 Å². The number of urea groups is 1. The fourth-order valence-electron chi connectivity index (χ4n) is 1.99. The smallest absolute Gasteiger partial charge is 0.315 e. The van der Waals surface area contributed by atoms with Gasteiger partial charge in [-0.1, -0.05) is 0 Å². The number of nitrogens with zero attached hydrogens (tertiary/aromatic N) is 4. The van der Waals surface area contributed by atoms with Crippen molar-refractivity contribution in [1.29, 1.82) is 0 Å². The molecule has 0 radical (unpaired) electrons. The Balaban J connectivity index is 1.90. The van der Waals surface area contributed by atoms with Crippen LogP contribution in [-0.4, -0.2) is 25.8 Å². The van der Waals surface area contributed by atoms with Crippen LogP contribution >= 0.6 is 11.3 Å². The molecular weight excluding hydrogens is 300 g/mol. The van der Waals surface area contributed by atoms with E-state index >= 15 is 0 Å². The average Bonchev–Trinajstić information content (AvgIpc) is 3.04. The number of rotatable bonds is 4. The molecule has 0 saturated carbocycles. The molecule has 22 heavy (non-hydrogen) atoms. The molecule has 1 atom stereocenters. The van der Waals surface area contributed by atoms with Crippen LogP contribution in [0.25, 0.3) is 0 Å². The summed E-state index contributed by atoms with van der Waals surface area (Å²) < 4.78 is 1.81. The van der Waals surface area contributed by atoms with Gasteiger partial charge in [0, 0.05) is 11.1 Å². The third-order valence-corrected chi connectivity index (χ3v) is 4.16. The van der Waals surface area contributed by atoms with Crippen LogP contribution in [0.3, 0.4) is 0 Å². The van der Waals surface area contributed by atoms with E-state index in [0.717, 1.165) is 16.5 Å². The van der Waals surface area contributed by atoms with Gasteiger partial charge in [0.05, 0.1) is 18.1 Å². The van der Waals surface area contributed by atoms with Crippen LogP contribution in [-0.2, 0) is 12.1 Å². The van der Waals surface area contributed by atoms with Crippen LogP contribution in [0.2, 0.25) is 0 Å². The summed E-state index contributed by atoms with van der Waals surface area (Å²) >= 11 is 1.54. The number of thiazole rings is 1. The summed E-state index contributed by atoms with van der Waals surface area (Å²) in [5.74, 6) is 0.723. The number of nitrogens with one attached hydrogen (secondary N) is 2. The zero-order chi connectivity index (χ0) is 16.3. The molecule has 2 N–H and O–H groups in total. The highest BCUT2D eigenvalue weighted by Gasteiger charge is 2.19. The van der Waals surface area contributed by atoms with Crippen LogP contribution in [0.1, 0.15) is 50.3 Å². The standard InChI is InChI=1S/C14H22N6OS/c1-9-7-22-12(18-9)10(2)19-13(21)15-6-11-16-8-17-20(11)14(3,4)5/h7-8,10H,6H2,1-5H3,(H2,15,19,21). The Kier molecular flexibility index (Phi) is 4.80. The number of amides is 2. The van der Waals surface area contributed by atoms with Crippen molar-refractivity contribution in [1.82, 2.24) is 30.4 Å². The first-order valence-electron chi connectivity index (χ1n) is 7.13. The quantitative estimate of drug-likeness (QED) is 0.905. The molecule has 0 aliphatic heterocycles. The van der Waals surface area contributed by atoms with Gasteiger partial charge in [-0.3, -0.25) is 0 Å². The molecule has 7 nitrogen and oxygen atoms in total. The number of carbonyl (C=O) groups excluding carboxylic acids is 1. The summed E-state index contributed by atoms with van der Waals surface area (Å²) in [6.45, 7) is 10.3. The number of carbonyl (C=O) groups is 1. The molecule has 2 aromatic heterocycles. The molecule has 2 rings (SSSR count). The molecule has 2 amide bonds. The molecule has 2 heterocycles. The molecule has 120 valence electrons. The van der Waals surface area contributed by atoms with Crippen molar-refractivity contribution < 1.29 is 4.79 Å². The molecule has 0 aromatic carbocycles. The molecular formula is C14H22N6OS. The largest absolute Gasteiger partial charge is 0.331 e. The lowest BCUT2D eigenvalue weighted by Crippen LogP contribution is -2.38. The maximum absolute atomic E-state index is 12.0. The fourth-order valence-corrected chi connectivity index (χ4v) is 2.79. The number of hydrogen-bond donors (Lipinski definition) is 2. The van der Waals surface area contributed by atoms with Gasteiger partial charge in [-0.25, -0.2) is 19.4 Å². The van der Waals surface area contributed by atoms with E-state index in [1.807, 2.05) is 40.0 Å². The van der Waals surface area contributed by atoms with Crippen molar-refractivity contribution in [2.24, 2.45) is 0 Å². The zero-order valence-electron chi connectivity index (χ0n) is 13.5. The lowest BCUT2D eigenvalue weighted by atomic mass is 10.1. The highest BCUT2D eigenvalue weighted by atomic mass is 32.1. The zero-order valence-corrected chi connectivity index (χ0v) is 14.4. The first-order valence-corrected chi connectivity index (χ1v) is 8.01. The van der Waals surface area contributed by atoms with Gasteiger partial charge in [-0.05, 0) is 34.6 Å². The summed E-state index contributed by atoms with van der Waals surface area (Å²) in [4.78, 5) is 20.6. The third-order valence-electron chi connectivity index (χ3n) is 3.02. The van der Waals surface area contributed by atoms with Crippen LogP contribution in [0.15, 0.2) is 11.7 Å². The van der Waals surface area contributed by atoms with Crippen LogP contribution in [0, 0.1) is 6.92 Å². The highest BCUT2D eigenvalue weighted by molar-refractivity contribution is 7.09. The monoisotopic (exact) mass is 322 g/mol. The first-order chi connectivity index (χ1) is 10.3. The molecule has 0 fully saturated rings. The minimum atomic E-state index is -0.246. The van der Waals surface area contributed by atoms with Crippen molar-refractivity contribution in [2.75, 3.05) is 0 Å². The van der Waals surface area contributed by atoms with Crippen molar-refractivity contribution in [3.05, 3.63) is 28.2 Å². The molecule has 1 unspecified atom stereocenters. The van der Waals surface area contributed by atoms with E-state index in [9.17, 15) is 4.79 Å². The summed E-state index contributed by atoms with van der Waals surface area (Å²) in [6, 6.07) is -0.372. The normalized spacial score (nSPS) is 13.0. The Labute approximate surface area is 134 Å². The molecule has 0 aliphatic rings. The van der Waals surface area contributed by atoms with E-state index in [0.29, 0.717) is 6.54 Å². The second-order valence-electron chi connectivity index (χ2n) is 6.13. The van der Waals surface area contributed by atoms with Crippen molar-refractivity contribution in [3.8, 4) is 0 Å². The molecule has 0 aliphatic carbocycles. The van der Waals surface area contributed by atoms with Crippen LogP contribution < -0.4 is 10.6 Å². The Hall–Kier alpha value is -1.96. The predicted octanol–water partition coefficient (Wildman–Crippen LogP) is 2.36. The summed E-state index contributed by atoms with van der Waals surface area (Å²) in [6.07, 6.45) is 1.50. The molecule has 0 saturated heterocycles. The van der Waals surface area contributed by atoms with E-state index in [1.54, 1.807) is 16.0 Å². The third kappa shape index (κ3) is 4.03. The highest BCUT2D eigenvalue weighted by Crippen LogP contribution is 2.17. The first kappa shape index (κ1) is 16.4. The van der Waals surface area contributed by atoms with Gasteiger partial charge >= 0.3 is 6.03 Å².